The lowest BCUT2D eigenvalue weighted by molar-refractivity contribution is 0.220. The number of rotatable bonds is 2. The molecule has 1 fully saturated rings. The third-order valence-electron chi connectivity index (χ3n) is 4.53. The maximum absolute atomic E-state index is 13.8. The van der Waals surface area contributed by atoms with Crippen molar-refractivity contribution in [3.8, 4) is 0 Å². The van der Waals surface area contributed by atoms with Crippen LogP contribution in [0.1, 0.15) is 40.2 Å². The second kappa shape index (κ2) is 5.96. The minimum absolute atomic E-state index is 0.140. The van der Waals surface area contributed by atoms with Crippen LogP contribution in [0.15, 0.2) is 18.2 Å². The molecular formula is C18H29FN2. The van der Waals surface area contributed by atoms with E-state index >= 15 is 0 Å². The largest absolute Gasteiger partial charge is 0.365 e. The summed E-state index contributed by atoms with van der Waals surface area (Å²) in [6, 6.07) is 6.19. The number of aryl methyl sites for hydroxylation is 1. The van der Waals surface area contributed by atoms with Gasteiger partial charge in [-0.2, -0.15) is 0 Å². The number of hydrogen-bond donors (Lipinski definition) is 1. The summed E-state index contributed by atoms with van der Waals surface area (Å²) in [7, 11) is 0. The van der Waals surface area contributed by atoms with Crippen molar-refractivity contribution in [2.24, 2.45) is 11.3 Å². The topological polar surface area (TPSA) is 15.3 Å². The van der Waals surface area contributed by atoms with Crippen molar-refractivity contribution in [1.82, 2.24) is 5.32 Å². The highest BCUT2D eigenvalue weighted by atomic mass is 19.1. The molecule has 0 saturated carbocycles. The first-order valence-corrected chi connectivity index (χ1v) is 7.95. The van der Waals surface area contributed by atoms with Gasteiger partial charge >= 0.3 is 0 Å². The summed E-state index contributed by atoms with van der Waals surface area (Å²) in [5.74, 6) is 0.389. The van der Waals surface area contributed by atoms with Crippen LogP contribution in [0.3, 0.4) is 0 Å². The maximum atomic E-state index is 13.8. The van der Waals surface area contributed by atoms with E-state index in [0.717, 1.165) is 24.3 Å². The Bertz CT molecular complexity index is 470. The van der Waals surface area contributed by atoms with Crippen molar-refractivity contribution >= 4 is 5.69 Å². The number of hydrogen-bond acceptors (Lipinski definition) is 2. The van der Waals surface area contributed by atoms with E-state index in [4.69, 9.17) is 0 Å². The molecule has 3 heteroatoms. The smallest absolute Gasteiger partial charge is 0.125 e. The second-order valence-corrected chi connectivity index (χ2v) is 7.78. The molecule has 21 heavy (non-hydrogen) atoms. The van der Waals surface area contributed by atoms with E-state index in [0.29, 0.717) is 18.0 Å². The third kappa shape index (κ3) is 3.76. The van der Waals surface area contributed by atoms with Gasteiger partial charge in [-0.3, -0.25) is 0 Å². The molecule has 1 heterocycles. The van der Waals surface area contributed by atoms with Gasteiger partial charge in [-0.05, 0) is 42.0 Å². The minimum Gasteiger partial charge on any atom is -0.365 e. The molecule has 2 unspecified atom stereocenters. The van der Waals surface area contributed by atoms with E-state index < -0.39 is 0 Å². The number of benzene rings is 1. The molecule has 1 aliphatic rings. The van der Waals surface area contributed by atoms with Crippen LogP contribution in [0.2, 0.25) is 0 Å². The van der Waals surface area contributed by atoms with Gasteiger partial charge in [0, 0.05) is 30.9 Å². The van der Waals surface area contributed by atoms with E-state index in [9.17, 15) is 4.39 Å². The van der Waals surface area contributed by atoms with Crippen LogP contribution in [0, 0.1) is 24.1 Å². The Morgan fingerprint density at radius 3 is 2.43 bits per heavy atom. The van der Waals surface area contributed by atoms with Crippen molar-refractivity contribution in [1.29, 1.82) is 0 Å². The SMILES string of the molecule is Cc1cc(F)cc(N2CC(C(C)(C)C)NCC2C(C)C)c1. The Kier molecular flexibility index (Phi) is 4.62. The first-order valence-electron chi connectivity index (χ1n) is 7.95. The molecule has 0 aromatic heterocycles. The summed E-state index contributed by atoms with van der Waals surface area (Å²) >= 11 is 0. The predicted octanol–water partition coefficient (Wildman–Crippen LogP) is 3.98. The summed E-state index contributed by atoms with van der Waals surface area (Å²) in [5.41, 5.74) is 2.20. The summed E-state index contributed by atoms with van der Waals surface area (Å²) in [5, 5.41) is 3.68. The number of nitrogens with one attached hydrogen (secondary N) is 1. The van der Waals surface area contributed by atoms with Gasteiger partial charge in [0.05, 0.1) is 0 Å². The summed E-state index contributed by atoms with van der Waals surface area (Å²) in [4.78, 5) is 2.40. The average molecular weight is 292 g/mol. The fourth-order valence-electron chi connectivity index (χ4n) is 3.13. The van der Waals surface area contributed by atoms with Crippen molar-refractivity contribution in [3.63, 3.8) is 0 Å². The Morgan fingerprint density at radius 1 is 1.24 bits per heavy atom. The molecular weight excluding hydrogens is 263 g/mol. The van der Waals surface area contributed by atoms with Crippen LogP contribution in [0.5, 0.6) is 0 Å². The molecule has 0 spiro atoms. The lowest BCUT2D eigenvalue weighted by atomic mass is 9.83. The summed E-state index contributed by atoms with van der Waals surface area (Å²) < 4.78 is 13.8. The number of anilines is 1. The third-order valence-corrected chi connectivity index (χ3v) is 4.53. The van der Waals surface area contributed by atoms with E-state index in [1.54, 1.807) is 12.1 Å². The van der Waals surface area contributed by atoms with Gasteiger partial charge in [0.1, 0.15) is 5.82 Å². The van der Waals surface area contributed by atoms with E-state index in [-0.39, 0.29) is 11.2 Å². The molecule has 2 rings (SSSR count). The highest BCUT2D eigenvalue weighted by Gasteiger charge is 2.35. The molecule has 1 aliphatic heterocycles. The van der Waals surface area contributed by atoms with Gasteiger partial charge in [0.2, 0.25) is 0 Å². The molecule has 2 atom stereocenters. The predicted molar refractivity (Wildman–Crippen MR) is 88.4 cm³/mol. The molecule has 118 valence electrons. The lowest BCUT2D eigenvalue weighted by Gasteiger charge is -2.47. The van der Waals surface area contributed by atoms with Crippen molar-refractivity contribution < 1.29 is 4.39 Å². The Morgan fingerprint density at radius 2 is 1.90 bits per heavy atom. The van der Waals surface area contributed by atoms with E-state index in [2.05, 4.69) is 50.9 Å². The number of piperazine rings is 1. The summed E-state index contributed by atoms with van der Waals surface area (Å²) in [6.07, 6.45) is 0. The summed E-state index contributed by atoms with van der Waals surface area (Å²) in [6.45, 7) is 15.1. The highest BCUT2D eigenvalue weighted by molar-refractivity contribution is 5.51. The maximum Gasteiger partial charge on any atom is 0.125 e. The molecule has 1 saturated heterocycles. The van der Waals surface area contributed by atoms with Gasteiger partial charge in [-0.1, -0.05) is 34.6 Å². The van der Waals surface area contributed by atoms with Crippen LogP contribution in [0.4, 0.5) is 10.1 Å². The molecule has 2 nitrogen and oxygen atoms in total. The fraction of sp³-hybridized carbons (Fsp3) is 0.667. The monoisotopic (exact) mass is 292 g/mol. The van der Waals surface area contributed by atoms with Crippen LogP contribution in [-0.4, -0.2) is 25.2 Å². The van der Waals surface area contributed by atoms with Crippen molar-refractivity contribution in [3.05, 3.63) is 29.6 Å². The van der Waals surface area contributed by atoms with Crippen LogP contribution in [-0.2, 0) is 0 Å². The quantitative estimate of drug-likeness (QED) is 0.887. The van der Waals surface area contributed by atoms with Gasteiger partial charge in [0.25, 0.3) is 0 Å². The van der Waals surface area contributed by atoms with Crippen LogP contribution >= 0.6 is 0 Å². The lowest BCUT2D eigenvalue weighted by Crippen LogP contribution is -2.62. The molecule has 0 aliphatic carbocycles. The fourth-order valence-corrected chi connectivity index (χ4v) is 3.13. The van der Waals surface area contributed by atoms with Crippen molar-refractivity contribution in [2.75, 3.05) is 18.0 Å². The van der Waals surface area contributed by atoms with Gasteiger partial charge in [-0.25, -0.2) is 4.39 Å². The molecule has 0 bridgehead atoms. The second-order valence-electron chi connectivity index (χ2n) is 7.78. The zero-order valence-corrected chi connectivity index (χ0v) is 14.2. The Hall–Kier alpha value is -1.09. The first-order chi connectivity index (χ1) is 9.68. The zero-order valence-electron chi connectivity index (χ0n) is 14.2. The van der Waals surface area contributed by atoms with E-state index in [1.165, 1.54) is 0 Å². The van der Waals surface area contributed by atoms with Gasteiger partial charge in [0.15, 0.2) is 0 Å². The number of nitrogens with zero attached hydrogens (tertiary/aromatic N) is 1. The first kappa shape index (κ1) is 16.3. The molecule has 1 aromatic carbocycles. The number of halogens is 1. The van der Waals surface area contributed by atoms with Crippen molar-refractivity contribution in [2.45, 2.75) is 53.6 Å². The zero-order chi connectivity index (χ0) is 15.8. The average Bonchev–Trinajstić information content (AvgIpc) is 2.35. The van der Waals surface area contributed by atoms with Crippen LogP contribution < -0.4 is 10.2 Å². The molecule has 0 amide bonds. The molecule has 1 N–H and O–H groups in total. The Labute approximate surface area is 128 Å². The minimum atomic E-state index is -0.140. The standard InChI is InChI=1S/C18H29FN2/c1-12(2)16-10-20-17(18(4,5)6)11-21(16)15-8-13(3)7-14(19)9-15/h7-9,12,16-17,20H,10-11H2,1-6H3. The highest BCUT2D eigenvalue weighted by Crippen LogP contribution is 2.30. The Balaban J connectivity index is 2.33. The van der Waals surface area contributed by atoms with E-state index in [1.807, 2.05) is 6.92 Å². The van der Waals surface area contributed by atoms with Gasteiger partial charge in [-0.15, -0.1) is 0 Å². The van der Waals surface area contributed by atoms with Crippen LogP contribution in [0.25, 0.3) is 0 Å². The molecule has 0 radical (unpaired) electrons. The molecule has 1 aromatic rings. The normalized spacial score (nSPS) is 23.7. The van der Waals surface area contributed by atoms with Gasteiger partial charge < -0.3 is 10.2 Å².